The first kappa shape index (κ1) is 8.27. The zero-order chi connectivity index (χ0) is 7.33. The van der Waals surface area contributed by atoms with Crippen molar-refractivity contribution < 1.29 is 4.74 Å². The number of azide groups is 1. The van der Waals surface area contributed by atoms with Gasteiger partial charge in [0.1, 0.15) is 0 Å². The molecule has 0 radical (unpaired) electrons. The van der Waals surface area contributed by atoms with Gasteiger partial charge >= 0.3 is 0 Å². The lowest BCUT2D eigenvalue weighted by Crippen LogP contribution is -2.25. The molecule has 0 saturated heterocycles. The van der Waals surface area contributed by atoms with E-state index in [-0.39, 0.29) is 5.60 Å². The van der Waals surface area contributed by atoms with Crippen molar-refractivity contribution in [2.24, 2.45) is 5.11 Å². The Morgan fingerprint density at radius 3 is 2.56 bits per heavy atom. The van der Waals surface area contributed by atoms with Gasteiger partial charge in [0.15, 0.2) is 0 Å². The smallest absolute Gasteiger partial charge is 0.0679 e. The molecule has 4 nitrogen and oxygen atoms in total. The molecule has 0 aromatic rings. The zero-order valence-corrected chi connectivity index (χ0v) is 5.96. The van der Waals surface area contributed by atoms with Gasteiger partial charge in [0.05, 0.1) is 12.1 Å². The topological polar surface area (TPSA) is 58.0 Å². The molecule has 4 heteroatoms. The molecule has 0 atom stereocenters. The number of methoxy groups -OCH3 is 1. The van der Waals surface area contributed by atoms with Crippen LogP contribution < -0.4 is 0 Å². The Balaban J connectivity index is 3.71. The summed E-state index contributed by atoms with van der Waals surface area (Å²) in [5.74, 6) is 0. The van der Waals surface area contributed by atoms with Gasteiger partial charge in [-0.1, -0.05) is 5.11 Å². The van der Waals surface area contributed by atoms with Crippen LogP contribution in [0.3, 0.4) is 0 Å². The highest BCUT2D eigenvalue weighted by Crippen LogP contribution is 2.06. The fraction of sp³-hybridized carbons (Fsp3) is 1.00. The molecule has 0 unspecified atom stereocenters. The summed E-state index contributed by atoms with van der Waals surface area (Å²) < 4.78 is 4.97. The van der Waals surface area contributed by atoms with Crippen LogP contribution in [0.15, 0.2) is 5.11 Å². The molecule has 0 rings (SSSR count). The van der Waals surface area contributed by atoms with E-state index in [0.717, 1.165) is 0 Å². The van der Waals surface area contributed by atoms with Crippen molar-refractivity contribution in [3.05, 3.63) is 10.4 Å². The average Bonchev–Trinajstić information content (AvgIpc) is 1.84. The van der Waals surface area contributed by atoms with Gasteiger partial charge in [-0.15, -0.1) is 0 Å². The van der Waals surface area contributed by atoms with Crippen LogP contribution in [0.1, 0.15) is 13.8 Å². The summed E-state index contributed by atoms with van der Waals surface area (Å²) in [5.41, 5.74) is 7.60. The van der Waals surface area contributed by atoms with E-state index in [1.54, 1.807) is 7.11 Å². The van der Waals surface area contributed by atoms with Crippen LogP contribution in [0.25, 0.3) is 10.4 Å². The Kier molecular flexibility index (Phi) is 3.06. The van der Waals surface area contributed by atoms with Crippen molar-refractivity contribution in [3.63, 3.8) is 0 Å². The summed E-state index contributed by atoms with van der Waals surface area (Å²) in [6, 6.07) is 0. The van der Waals surface area contributed by atoms with Gasteiger partial charge in [-0.25, -0.2) is 0 Å². The number of ether oxygens (including phenoxy) is 1. The van der Waals surface area contributed by atoms with Crippen molar-refractivity contribution in [2.45, 2.75) is 19.4 Å². The quantitative estimate of drug-likeness (QED) is 0.325. The molecule has 0 N–H and O–H groups in total. The second-order valence-electron chi connectivity index (χ2n) is 2.35. The minimum Gasteiger partial charge on any atom is -0.379 e. The molecule has 0 aliphatic rings. The molecule has 0 saturated carbocycles. The van der Waals surface area contributed by atoms with Gasteiger partial charge in [0.2, 0.25) is 0 Å². The molecular formula is C5H11N3O. The molecule has 0 spiro atoms. The highest BCUT2D eigenvalue weighted by Gasteiger charge is 2.13. The molecule has 0 fully saturated rings. The predicted molar refractivity (Wildman–Crippen MR) is 35.1 cm³/mol. The van der Waals surface area contributed by atoms with E-state index < -0.39 is 0 Å². The minimum atomic E-state index is -0.327. The summed E-state index contributed by atoms with van der Waals surface area (Å²) in [7, 11) is 1.59. The Morgan fingerprint density at radius 1 is 1.67 bits per heavy atom. The molecule has 0 aromatic heterocycles. The highest BCUT2D eigenvalue weighted by atomic mass is 16.5. The van der Waals surface area contributed by atoms with Crippen molar-refractivity contribution in [1.29, 1.82) is 0 Å². The monoisotopic (exact) mass is 129 g/mol. The van der Waals surface area contributed by atoms with Gasteiger partial charge in [-0.2, -0.15) is 0 Å². The lowest BCUT2D eigenvalue weighted by molar-refractivity contribution is 0.0308. The van der Waals surface area contributed by atoms with Gasteiger partial charge in [0.25, 0.3) is 0 Å². The molecule has 52 valence electrons. The van der Waals surface area contributed by atoms with E-state index in [1.165, 1.54) is 0 Å². The second-order valence-corrected chi connectivity index (χ2v) is 2.35. The van der Waals surface area contributed by atoms with Crippen molar-refractivity contribution >= 4 is 0 Å². The second kappa shape index (κ2) is 3.33. The third-order valence-electron chi connectivity index (χ3n) is 1.07. The maximum atomic E-state index is 7.93. The van der Waals surface area contributed by atoms with Crippen molar-refractivity contribution in [2.75, 3.05) is 13.7 Å². The normalized spacial score (nSPS) is 10.6. The Labute approximate surface area is 54.4 Å². The number of rotatable bonds is 3. The SMILES string of the molecule is COC(C)(C)CN=[N+]=[N-]. The first-order valence-corrected chi connectivity index (χ1v) is 2.68. The van der Waals surface area contributed by atoms with E-state index in [2.05, 4.69) is 10.0 Å². The first-order valence-electron chi connectivity index (χ1n) is 2.68. The van der Waals surface area contributed by atoms with Crippen molar-refractivity contribution in [1.82, 2.24) is 0 Å². The van der Waals surface area contributed by atoms with Crippen LogP contribution >= 0.6 is 0 Å². The predicted octanol–water partition coefficient (Wildman–Crippen LogP) is 1.72. The third-order valence-corrected chi connectivity index (χ3v) is 1.07. The largest absolute Gasteiger partial charge is 0.379 e. The van der Waals surface area contributed by atoms with Crippen LogP contribution in [-0.4, -0.2) is 19.3 Å². The zero-order valence-electron chi connectivity index (χ0n) is 5.96. The van der Waals surface area contributed by atoms with E-state index in [4.69, 9.17) is 10.3 Å². The van der Waals surface area contributed by atoms with Crippen LogP contribution in [-0.2, 0) is 4.74 Å². The Morgan fingerprint density at radius 2 is 2.22 bits per heavy atom. The summed E-state index contributed by atoms with van der Waals surface area (Å²) in [6.45, 7) is 4.10. The fourth-order valence-electron chi connectivity index (χ4n) is 0.266. The lowest BCUT2D eigenvalue weighted by atomic mass is 10.1. The number of nitrogens with zero attached hydrogens (tertiary/aromatic N) is 3. The summed E-state index contributed by atoms with van der Waals surface area (Å²) >= 11 is 0. The molecule has 0 aliphatic carbocycles. The van der Waals surface area contributed by atoms with Crippen LogP contribution in [0.5, 0.6) is 0 Å². The van der Waals surface area contributed by atoms with E-state index in [1.807, 2.05) is 13.8 Å². The minimum absolute atomic E-state index is 0.327. The van der Waals surface area contributed by atoms with E-state index in [0.29, 0.717) is 6.54 Å². The van der Waals surface area contributed by atoms with Gasteiger partial charge in [0, 0.05) is 12.0 Å². The summed E-state index contributed by atoms with van der Waals surface area (Å²) in [6.07, 6.45) is 0. The molecule has 0 aromatic carbocycles. The third kappa shape index (κ3) is 3.82. The summed E-state index contributed by atoms with van der Waals surface area (Å²) in [4.78, 5) is 2.61. The first-order chi connectivity index (χ1) is 4.12. The number of hydrogen-bond acceptors (Lipinski definition) is 2. The summed E-state index contributed by atoms with van der Waals surface area (Å²) in [5, 5.41) is 3.37. The Bertz CT molecular complexity index is 126. The lowest BCUT2D eigenvalue weighted by Gasteiger charge is -2.19. The van der Waals surface area contributed by atoms with Gasteiger partial charge in [-0.3, -0.25) is 0 Å². The average molecular weight is 129 g/mol. The standard InChI is InChI=1S/C5H11N3O/c1-5(2,9-3)4-7-8-6/h4H2,1-3H3. The molecule has 0 aliphatic heterocycles. The highest BCUT2D eigenvalue weighted by molar-refractivity contribution is 4.70. The maximum absolute atomic E-state index is 7.93. The van der Waals surface area contributed by atoms with Crippen LogP contribution in [0.2, 0.25) is 0 Å². The van der Waals surface area contributed by atoms with E-state index >= 15 is 0 Å². The van der Waals surface area contributed by atoms with E-state index in [9.17, 15) is 0 Å². The molecule has 0 heterocycles. The molecule has 0 bridgehead atoms. The van der Waals surface area contributed by atoms with Gasteiger partial charge in [-0.05, 0) is 19.4 Å². The number of hydrogen-bond donors (Lipinski definition) is 0. The van der Waals surface area contributed by atoms with Crippen LogP contribution in [0.4, 0.5) is 0 Å². The van der Waals surface area contributed by atoms with Gasteiger partial charge < -0.3 is 4.74 Å². The maximum Gasteiger partial charge on any atom is 0.0679 e. The Hall–Kier alpha value is -0.730. The molecular weight excluding hydrogens is 118 g/mol. The molecule has 0 amide bonds. The fourth-order valence-corrected chi connectivity index (χ4v) is 0.266. The van der Waals surface area contributed by atoms with Crippen molar-refractivity contribution in [3.8, 4) is 0 Å². The van der Waals surface area contributed by atoms with Crippen LogP contribution in [0, 0.1) is 0 Å². The molecule has 9 heavy (non-hydrogen) atoms.